The average Bonchev–Trinajstić information content (AvgIpc) is 3.11. The Morgan fingerprint density at radius 3 is 2.87 bits per heavy atom. The molecule has 0 aliphatic carbocycles. The molecule has 2 heterocycles. The van der Waals surface area contributed by atoms with E-state index in [1.807, 2.05) is 17.0 Å². The van der Waals surface area contributed by atoms with Gasteiger partial charge in [0.1, 0.15) is 0 Å². The first-order valence-electron chi connectivity index (χ1n) is 8.54. The van der Waals surface area contributed by atoms with Crippen LogP contribution in [0.3, 0.4) is 0 Å². The number of nitrogens with zero attached hydrogens (tertiary/aromatic N) is 1. The SMILES string of the molecule is O=C(CCC1CCNC1)NCC(=O)N1CCc2ccccc2C1. The van der Waals surface area contributed by atoms with E-state index in [9.17, 15) is 9.59 Å². The minimum absolute atomic E-state index is 0.00962. The van der Waals surface area contributed by atoms with Gasteiger partial charge in [0.15, 0.2) is 0 Å². The number of hydrogen-bond acceptors (Lipinski definition) is 3. The van der Waals surface area contributed by atoms with Crippen molar-refractivity contribution < 1.29 is 9.59 Å². The number of carbonyl (C=O) groups excluding carboxylic acids is 2. The van der Waals surface area contributed by atoms with Crippen LogP contribution < -0.4 is 10.6 Å². The predicted molar refractivity (Wildman–Crippen MR) is 88.8 cm³/mol. The van der Waals surface area contributed by atoms with Crippen molar-refractivity contribution in [1.29, 1.82) is 0 Å². The minimum Gasteiger partial charge on any atom is -0.347 e. The molecule has 2 aliphatic heterocycles. The van der Waals surface area contributed by atoms with Crippen LogP contribution in [0.2, 0.25) is 0 Å². The summed E-state index contributed by atoms with van der Waals surface area (Å²) in [4.78, 5) is 26.0. The van der Waals surface area contributed by atoms with Crippen LogP contribution in [-0.4, -0.2) is 42.9 Å². The highest BCUT2D eigenvalue weighted by Crippen LogP contribution is 2.18. The Kier molecular flexibility index (Phi) is 5.28. The molecule has 5 nitrogen and oxygen atoms in total. The Labute approximate surface area is 137 Å². The van der Waals surface area contributed by atoms with Crippen molar-refractivity contribution in [2.75, 3.05) is 26.2 Å². The van der Waals surface area contributed by atoms with Gasteiger partial charge in [-0.3, -0.25) is 9.59 Å². The second-order valence-electron chi connectivity index (χ2n) is 6.51. The zero-order valence-corrected chi connectivity index (χ0v) is 13.5. The van der Waals surface area contributed by atoms with Gasteiger partial charge in [0, 0.05) is 19.5 Å². The summed E-state index contributed by atoms with van der Waals surface area (Å²) >= 11 is 0. The Hall–Kier alpha value is -1.88. The molecule has 1 fully saturated rings. The lowest BCUT2D eigenvalue weighted by Crippen LogP contribution is -2.42. The average molecular weight is 315 g/mol. The van der Waals surface area contributed by atoms with Gasteiger partial charge in [0.05, 0.1) is 6.54 Å². The van der Waals surface area contributed by atoms with Crippen molar-refractivity contribution in [1.82, 2.24) is 15.5 Å². The first-order valence-corrected chi connectivity index (χ1v) is 8.54. The second-order valence-corrected chi connectivity index (χ2v) is 6.51. The lowest BCUT2D eigenvalue weighted by atomic mass is 10.00. The maximum atomic E-state index is 12.3. The van der Waals surface area contributed by atoms with Crippen molar-refractivity contribution in [2.45, 2.75) is 32.2 Å². The molecule has 0 radical (unpaired) electrons. The number of fused-ring (bicyclic) bond motifs is 1. The number of amides is 2. The van der Waals surface area contributed by atoms with Crippen LogP contribution in [0, 0.1) is 5.92 Å². The largest absolute Gasteiger partial charge is 0.347 e. The molecule has 0 aromatic heterocycles. The second kappa shape index (κ2) is 7.59. The fourth-order valence-electron chi connectivity index (χ4n) is 3.38. The molecule has 2 amide bonds. The van der Waals surface area contributed by atoms with E-state index in [0.29, 0.717) is 18.9 Å². The van der Waals surface area contributed by atoms with Crippen molar-refractivity contribution in [2.24, 2.45) is 5.92 Å². The molecule has 2 N–H and O–H groups in total. The Balaban J connectivity index is 1.40. The smallest absolute Gasteiger partial charge is 0.242 e. The molecular weight excluding hydrogens is 290 g/mol. The fourth-order valence-corrected chi connectivity index (χ4v) is 3.38. The summed E-state index contributed by atoms with van der Waals surface area (Å²) in [5, 5.41) is 6.08. The van der Waals surface area contributed by atoms with E-state index >= 15 is 0 Å². The topological polar surface area (TPSA) is 61.4 Å². The van der Waals surface area contributed by atoms with Gasteiger partial charge in [-0.15, -0.1) is 0 Å². The van der Waals surface area contributed by atoms with Gasteiger partial charge >= 0.3 is 0 Å². The van der Waals surface area contributed by atoms with Crippen LogP contribution in [-0.2, 0) is 22.6 Å². The van der Waals surface area contributed by atoms with Gasteiger partial charge in [-0.1, -0.05) is 24.3 Å². The van der Waals surface area contributed by atoms with E-state index < -0.39 is 0 Å². The standard InChI is InChI=1S/C18H25N3O2/c22-17(6-5-14-7-9-19-11-14)20-12-18(23)21-10-8-15-3-1-2-4-16(15)13-21/h1-4,14,19H,5-13H2,(H,20,22). The first kappa shape index (κ1) is 16.0. The van der Waals surface area contributed by atoms with Crippen molar-refractivity contribution in [3.8, 4) is 0 Å². The summed E-state index contributed by atoms with van der Waals surface area (Å²) in [6.45, 7) is 3.57. The van der Waals surface area contributed by atoms with Crippen LogP contribution in [0.25, 0.3) is 0 Å². The lowest BCUT2D eigenvalue weighted by molar-refractivity contribution is -0.133. The van der Waals surface area contributed by atoms with E-state index in [4.69, 9.17) is 0 Å². The highest BCUT2D eigenvalue weighted by molar-refractivity contribution is 5.84. The third-order valence-electron chi connectivity index (χ3n) is 4.86. The molecule has 1 saturated heterocycles. The number of nitrogens with one attached hydrogen (secondary N) is 2. The fraction of sp³-hybridized carbons (Fsp3) is 0.556. The molecule has 0 spiro atoms. The third-order valence-corrected chi connectivity index (χ3v) is 4.86. The van der Waals surface area contributed by atoms with Crippen molar-refractivity contribution in [3.63, 3.8) is 0 Å². The minimum atomic E-state index is -0.0114. The molecule has 124 valence electrons. The normalized spacial score (nSPS) is 20.2. The van der Waals surface area contributed by atoms with E-state index in [1.165, 1.54) is 11.1 Å². The maximum absolute atomic E-state index is 12.3. The van der Waals surface area contributed by atoms with E-state index in [2.05, 4.69) is 22.8 Å². The summed E-state index contributed by atoms with van der Waals surface area (Å²) in [6.07, 6.45) is 3.47. The number of carbonyl (C=O) groups is 2. The van der Waals surface area contributed by atoms with Gasteiger partial charge in [-0.05, 0) is 49.4 Å². The molecule has 1 unspecified atom stereocenters. The summed E-state index contributed by atoms with van der Waals surface area (Å²) in [5.41, 5.74) is 2.54. The quantitative estimate of drug-likeness (QED) is 0.855. The molecule has 0 bridgehead atoms. The molecule has 5 heteroatoms. The molecule has 1 aromatic rings. The summed E-state index contributed by atoms with van der Waals surface area (Å²) < 4.78 is 0. The molecule has 1 aromatic carbocycles. The van der Waals surface area contributed by atoms with Gasteiger partial charge < -0.3 is 15.5 Å². The van der Waals surface area contributed by atoms with E-state index in [1.54, 1.807) is 0 Å². The number of hydrogen-bond donors (Lipinski definition) is 2. The summed E-state index contributed by atoms with van der Waals surface area (Å²) in [7, 11) is 0. The molecular formula is C18H25N3O2. The van der Waals surface area contributed by atoms with Gasteiger partial charge in [0.25, 0.3) is 0 Å². The van der Waals surface area contributed by atoms with Gasteiger partial charge in [0.2, 0.25) is 11.8 Å². The van der Waals surface area contributed by atoms with Gasteiger partial charge in [-0.25, -0.2) is 0 Å². The van der Waals surface area contributed by atoms with Crippen LogP contribution in [0.15, 0.2) is 24.3 Å². The molecule has 0 saturated carbocycles. The van der Waals surface area contributed by atoms with Crippen LogP contribution in [0.1, 0.15) is 30.4 Å². The van der Waals surface area contributed by atoms with Crippen molar-refractivity contribution in [3.05, 3.63) is 35.4 Å². The monoisotopic (exact) mass is 315 g/mol. The lowest BCUT2D eigenvalue weighted by Gasteiger charge is -2.29. The van der Waals surface area contributed by atoms with Crippen LogP contribution in [0.5, 0.6) is 0 Å². The number of benzene rings is 1. The molecule has 2 aliphatic rings. The number of rotatable bonds is 5. The molecule has 3 rings (SSSR count). The van der Waals surface area contributed by atoms with Gasteiger partial charge in [-0.2, -0.15) is 0 Å². The molecule has 23 heavy (non-hydrogen) atoms. The van der Waals surface area contributed by atoms with Crippen LogP contribution in [0.4, 0.5) is 0 Å². The van der Waals surface area contributed by atoms with E-state index in [0.717, 1.165) is 38.9 Å². The van der Waals surface area contributed by atoms with Crippen LogP contribution >= 0.6 is 0 Å². The zero-order chi connectivity index (χ0) is 16.1. The summed E-state index contributed by atoms with van der Waals surface area (Å²) in [6, 6.07) is 8.24. The first-order chi connectivity index (χ1) is 11.2. The third kappa shape index (κ3) is 4.32. The Morgan fingerprint density at radius 1 is 1.26 bits per heavy atom. The Morgan fingerprint density at radius 2 is 2.09 bits per heavy atom. The van der Waals surface area contributed by atoms with Crippen molar-refractivity contribution >= 4 is 11.8 Å². The summed E-state index contributed by atoms with van der Waals surface area (Å²) in [5.74, 6) is 0.605. The maximum Gasteiger partial charge on any atom is 0.242 e. The molecule has 1 atom stereocenters. The zero-order valence-electron chi connectivity index (χ0n) is 13.5. The predicted octanol–water partition coefficient (Wildman–Crippen LogP) is 1.08. The highest BCUT2D eigenvalue weighted by atomic mass is 16.2. The highest BCUT2D eigenvalue weighted by Gasteiger charge is 2.21. The van der Waals surface area contributed by atoms with E-state index in [-0.39, 0.29) is 18.4 Å². The Bertz CT molecular complexity index is 567.